The zero-order valence-corrected chi connectivity index (χ0v) is 16.7. The van der Waals surface area contributed by atoms with Crippen molar-refractivity contribution in [2.75, 3.05) is 32.2 Å². The molecule has 2 amide bonds. The van der Waals surface area contributed by atoms with Gasteiger partial charge in [0.25, 0.3) is 11.8 Å². The minimum absolute atomic E-state index is 0.0543. The largest absolute Gasteiger partial charge is 0.493 e. The van der Waals surface area contributed by atoms with Gasteiger partial charge in [0.2, 0.25) is 0 Å². The molecule has 0 bridgehead atoms. The Morgan fingerprint density at radius 1 is 1.17 bits per heavy atom. The third kappa shape index (κ3) is 5.71. The fourth-order valence-corrected chi connectivity index (χ4v) is 3.12. The Kier molecular flexibility index (Phi) is 7.08. The van der Waals surface area contributed by atoms with Gasteiger partial charge in [0.15, 0.2) is 18.1 Å². The molecule has 1 aliphatic rings. The summed E-state index contributed by atoms with van der Waals surface area (Å²) in [4.78, 5) is 24.9. The summed E-state index contributed by atoms with van der Waals surface area (Å²) in [6.07, 6.45) is 2.01. The lowest BCUT2D eigenvalue weighted by Crippen LogP contribution is -2.32. The second kappa shape index (κ2) is 9.93. The van der Waals surface area contributed by atoms with Crippen LogP contribution in [0.3, 0.4) is 0 Å². The van der Waals surface area contributed by atoms with Crippen LogP contribution in [-0.2, 0) is 9.53 Å². The summed E-state index contributed by atoms with van der Waals surface area (Å²) < 4.78 is 16.4. The van der Waals surface area contributed by atoms with Gasteiger partial charge in [0, 0.05) is 13.2 Å². The minimum Gasteiger partial charge on any atom is -0.493 e. The zero-order chi connectivity index (χ0) is 20.6. The second-order valence-electron chi connectivity index (χ2n) is 6.88. The van der Waals surface area contributed by atoms with E-state index in [0.717, 1.165) is 25.0 Å². The van der Waals surface area contributed by atoms with Crippen molar-refractivity contribution >= 4 is 17.5 Å². The van der Waals surface area contributed by atoms with Crippen LogP contribution in [-0.4, -0.2) is 44.8 Å². The number of hydrogen-bond acceptors (Lipinski definition) is 5. The van der Waals surface area contributed by atoms with Gasteiger partial charge in [-0.25, -0.2) is 0 Å². The van der Waals surface area contributed by atoms with Crippen LogP contribution in [0.25, 0.3) is 0 Å². The molecule has 7 heteroatoms. The maximum atomic E-state index is 12.5. The summed E-state index contributed by atoms with van der Waals surface area (Å²) in [7, 11) is 1.55. The van der Waals surface area contributed by atoms with E-state index in [-0.39, 0.29) is 24.5 Å². The van der Waals surface area contributed by atoms with Gasteiger partial charge < -0.3 is 24.8 Å². The SMILES string of the molecule is COc1cc(C)ccc1OCC(=O)Nc1ccccc1C(=O)NCC1CCCO1. The molecule has 1 saturated heterocycles. The van der Waals surface area contributed by atoms with Crippen molar-refractivity contribution in [2.45, 2.75) is 25.9 Å². The number of hydrogen-bond donors (Lipinski definition) is 2. The van der Waals surface area contributed by atoms with E-state index >= 15 is 0 Å². The molecule has 2 N–H and O–H groups in total. The summed E-state index contributed by atoms with van der Waals surface area (Å²) in [5.74, 6) is 0.423. The summed E-state index contributed by atoms with van der Waals surface area (Å²) in [6, 6.07) is 12.3. The second-order valence-corrected chi connectivity index (χ2v) is 6.88. The highest BCUT2D eigenvalue weighted by atomic mass is 16.5. The molecule has 2 aromatic carbocycles. The monoisotopic (exact) mass is 398 g/mol. The number of aryl methyl sites for hydroxylation is 1. The highest BCUT2D eigenvalue weighted by Gasteiger charge is 2.18. The number of carbonyl (C=O) groups excluding carboxylic acids is 2. The molecular weight excluding hydrogens is 372 g/mol. The normalized spacial score (nSPS) is 15.6. The van der Waals surface area contributed by atoms with Gasteiger partial charge in [-0.3, -0.25) is 9.59 Å². The molecule has 29 heavy (non-hydrogen) atoms. The maximum Gasteiger partial charge on any atom is 0.262 e. The van der Waals surface area contributed by atoms with E-state index in [1.165, 1.54) is 0 Å². The van der Waals surface area contributed by atoms with Crippen LogP contribution in [0.15, 0.2) is 42.5 Å². The van der Waals surface area contributed by atoms with Crippen molar-refractivity contribution < 1.29 is 23.8 Å². The van der Waals surface area contributed by atoms with Crippen LogP contribution in [0.2, 0.25) is 0 Å². The lowest BCUT2D eigenvalue weighted by molar-refractivity contribution is -0.118. The van der Waals surface area contributed by atoms with Crippen molar-refractivity contribution in [3.05, 3.63) is 53.6 Å². The molecule has 1 aliphatic heterocycles. The molecular formula is C22H26N2O5. The van der Waals surface area contributed by atoms with Crippen molar-refractivity contribution in [3.8, 4) is 11.5 Å². The number of para-hydroxylation sites is 1. The number of anilines is 1. The molecule has 0 spiro atoms. The third-order valence-corrected chi connectivity index (χ3v) is 4.64. The number of rotatable bonds is 8. The van der Waals surface area contributed by atoms with E-state index < -0.39 is 0 Å². The van der Waals surface area contributed by atoms with Crippen LogP contribution in [0, 0.1) is 6.92 Å². The van der Waals surface area contributed by atoms with Crippen molar-refractivity contribution in [2.24, 2.45) is 0 Å². The lowest BCUT2D eigenvalue weighted by atomic mass is 10.1. The average molecular weight is 398 g/mol. The van der Waals surface area contributed by atoms with Crippen LogP contribution in [0.5, 0.6) is 11.5 Å². The third-order valence-electron chi connectivity index (χ3n) is 4.64. The summed E-state index contributed by atoms with van der Waals surface area (Å²) in [5.41, 5.74) is 1.86. The van der Waals surface area contributed by atoms with Gasteiger partial charge in [-0.15, -0.1) is 0 Å². The minimum atomic E-state index is -0.369. The quantitative estimate of drug-likeness (QED) is 0.714. The molecule has 1 fully saturated rings. The molecule has 1 atom stereocenters. The Morgan fingerprint density at radius 3 is 2.76 bits per heavy atom. The van der Waals surface area contributed by atoms with Crippen LogP contribution in [0.4, 0.5) is 5.69 Å². The van der Waals surface area contributed by atoms with E-state index in [9.17, 15) is 9.59 Å². The molecule has 0 saturated carbocycles. The first-order chi connectivity index (χ1) is 14.1. The van der Waals surface area contributed by atoms with Crippen LogP contribution < -0.4 is 20.1 Å². The number of nitrogens with one attached hydrogen (secondary N) is 2. The zero-order valence-electron chi connectivity index (χ0n) is 16.7. The number of methoxy groups -OCH3 is 1. The molecule has 1 heterocycles. The fraction of sp³-hybridized carbons (Fsp3) is 0.364. The van der Waals surface area contributed by atoms with E-state index in [2.05, 4.69) is 10.6 Å². The van der Waals surface area contributed by atoms with Crippen LogP contribution in [0.1, 0.15) is 28.8 Å². The Bertz CT molecular complexity index is 862. The smallest absolute Gasteiger partial charge is 0.262 e. The predicted molar refractivity (Wildman–Crippen MR) is 110 cm³/mol. The fourth-order valence-electron chi connectivity index (χ4n) is 3.12. The highest BCUT2D eigenvalue weighted by Crippen LogP contribution is 2.27. The Morgan fingerprint density at radius 2 is 2.00 bits per heavy atom. The molecule has 0 aliphatic carbocycles. The predicted octanol–water partition coefficient (Wildman–Crippen LogP) is 2.93. The molecule has 154 valence electrons. The van der Waals surface area contributed by atoms with E-state index in [1.807, 2.05) is 19.1 Å². The summed E-state index contributed by atoms with van der Waals surface area (Å²) >= 11 is 0. The molecule has 3 rings (SSSR count). The Labute approximate surface area is 170 Å². The summed E-state index contributed by atoms with van der Waals surface area (Å²) in [5, 5.41) is 5.61. The number of carbonyl (C=O) groups is 2. The average Bonchev–Trinajstić information content (AvgIpc) is 3.25. The van der Waals surface area contributed by atoms with Crippen molar-refractivity contribution in [3.63, 3.8) is 0 Å². The van der Waals surface area contributed by atoms with Gasteiger partial charge in [-0.05, 0) is 49.6 Å². The molecule has 2 aromatic rings. The lowest BCUT2D eigenvalue weighted by Gasteiger charge is -2.14. The van der Waals surface area contributed by atoms with Gasteiger partial charge in [-0.2, -0.15) is 0 Å². The van der Waals surface area contributed by atoms with Gasteiger partial charge in [-0.1, -0.05) is 18.2 Å². The number of benzene rings is 2. The van der Waals surface area contributed by atoms with Crippen LogP contribution >= 0.6 is 0 Å². The highest BCUT2D eigenvalue weighted by molar-refractivity contribution is 6.04. The number of ether oxygens (including phenoxy) is 3. The van der Waals surface area contributed by atoms with Gasteiger partial charge >= 0.3 is 0 Å². The first-order valence-electron chi connectivity index (χ1n) is 9.63. The first kappa shape index (κ1) is 20.7. The van der Waals surface area contributed by atoms with E-state index in [4.69, 9.17) is 14.2 Å². The number of amides is 2. The Balaban J connectivity index is 1.58. The van der Waals surface area contributed by atoms with E-state index in [0.29, 0.717) is 29.3 Å². The topological polar surface area (TPSA) is 85.9 Å². The molecule has 7 nitrogen and oxygen atoms in total. The molecule has 1 unspecified atom stereocenters. The first-order valence-corrected chi connectivity index (χ1v) is 9.63. The standard InChI is InChI=1S/C22H26N2O5/c1-15-9-10-19(20(12-15)27-2)29-14-21(25)24-18-8-4-3-7-17(18)22(26)23-13-16-6-5-11-28-16/h3-4,7-10,12,16H,5-6,11,13-14H2,1-2H3,(H,23,26)(H,24,25). The molecule has 0 aromatic heterocycles. The van der Waals surface area contributed by atoms with Crippen molar-refractivity contribution in [1.29, 1.82) is 0 Å². The van der Waals surface area contributed by atoms with Crippen molar-refractivity contribution in [1.82, 2.24) is 5.32 Å². The Hall–Kier alpha value is -3.06. The van der Waals surface area contributed by atoms with Gasteiger partial charge in [0.05, 0.1) is 24.5 Å². The molecule has 0 radical (unpaired) electrons. The maximum absolute atomic E-state index is 12.5. The summed E-state index contributed by atoms with van der Waals surface area (Å²) in [6.45, 7) is 2.93. The van der Waals surface area contributed by atoms with E-state index in [1.54, 1.807) is 37.4 Å². The van der Waals surface area contributed by atoms with Gasteiger partial charge in [0.1, 0.15) is 0 Å².